The van der Waals surface area contributed by atoms with Gasteiger partial charge in [0, 0.05) is 0 Å². The summed E-state index contributed by atoms with van der Waals surface area (Å²) in [6.07, 6.45) is -0.0661. The molecule has 8 heteroatoms. The van der Waals surface area contributed by atoms with Gasteiger partial charge in [-0.15, -0.1) is 5.10 Å². The molecule has 1 fully saturated rings. The van der Waals surface area contributed by atoms with Gasteiger partial charge in [0.2, 0.25) is 0 Å². The summed E-state index contributed by atoms with van der Waals surface area (Å²) in [6, 6.07) is 0. The molecule has 0 unspecified atom stereocenters. The Labute approximate surface area is 89.0 Å². The first-order chi connectivity index (χ1) is 7.56. The molecule has 2 rings (SSSR count). The number of ether oxygens (including phenoxy) is 1. The molecule has 16 heavy (non-hydrogen) atoms. The van der Waals surface area contributed by atoms with E-state index in [1.807, 2.05) is 0 Å². The van der Waals surface area contributed by atoms with E-state index < -0.39 is 17.9 Å². The normalized spacial score (nSPS) is 15.4. The first kappa shape index (κ1) is 10.8. The van der Waals surface area contributed by atoms with Gasteiger partial charge in [-0.05, 0) is 12.8 Å². The lowest BCUT2D eigenvalue weighted by atomic mass is 10.5. The molecule has 1 heterocycles. The lowest BCUT2D eigenvalue weighted by Crippen LogP contribution is -2.07. The molecule has 0 N–H and O–H groups in total. The van der Waals surface area contributed by atoms with Gasteiger partial charge in [0.05, 0.1) is 4.92 Å². The number of hydrogen-bond donors (Lipinski definition) is 0. The van der Waals surface area contributed by atoms with Crippen LogP contribution in [0.3, 0.4) is 0 Å². The van der Waals surface area contributed by atoms with E-state index in [-0.39, 0.29) is 17.7 Å². The molecule has 1 aromatic rings. The standard InChI is InChI=1S/C8H9F2N3O3/c9-7(10)4-12-3-6(13(14)15)8(11-12)16-5-1-2-5/h3,5,7H,1-2,4H2. The average Bonchev–Trinajstić information content (AvgIpc) is 2.87. The highest BCUT2D eigenvalue weighted by Gasteiger charge is 2.30. The quantitative estimate of drug-likeness (QED) is 0.572. The number of aromatic nitrogens is 2. The molecule has 0 aliphatic heterocycles. The van der Waals surface area contributed by atoms with Crippen molar-refractivity contribution in [2.45, 2.75) is 31.9 Å². The maximum atomic E-state index is 12.1. The van der Waals surface area contributed by atoms with Crippen LogP contribution in [0.1, 0.15) is 12.8 Å². The molecule has 88 valence electrons. The van der Waals surface area contributed by atoms with Gasteiger partial charge in [-0.2, -0.15) is 0 Å². The summed E-state index contributed by atoms with van der Waals surface area (Å²) < 4.78 is 30.1. The number of nitro groups is 1. The third-order valence-electron chi connectivity index (χ3n) is 2.03. The predicted molar refractivity (Wildman–Crippen MR) is 48.5 cm³/mol. The fourth-order valence-electron chi connectivity index (χ4n) is 1.18. The van der Waals surface area contributed by atoms with Crippen LogP contribution in [0.4, 0.5) is 14.5 Å². The Kier molecular flexibility index (Phi) is 2.71. The van der Waals surface area contributed by atoms with Crippen molar-refractivity contribution in [3.05, 3.63) is 16.3 Å². The molecule has 1 saturated carbocycles. The van der Waals surface area contributed by atoms with E-state index in [0.717, 1.165) is 23.7 Å². The number of hydrogen-bond acceptors (Lipinski definition) is 4. The minimum Gasteiger partial charge on any atom is -0.468 e. The minimum absolute atomic E-state index is 0.0615. The number of nitrogens with zero attached hydrogens (tertiary/aromatic N) is 3. The van der Waals surface area contributed by atoms with E-state index in [1.165, 1.54) is 0 Å². The highest BCUT2D eigenvalue weighted by molar-refractivity contribution is 5.38. The van der Waals surface area contributed by atoms with Crippen LogP contribution >= 0.6 is 0 Å². The summed E-state index contributed by atoms with van der Waals surface area (Å²) in [5.74, 6) is -0.173. The van der Waals surface area contributed by atoms with Crippen LogP contribution in [0.2, 0.25) is 0 Å². The molecule has 1 aliphatic carbocycles. The third kappa shape index (κ3) is 2.44. The second kappa shape index (κ2) is 4.03. The van der Waals surface area contributed by atoms with Crippen molar-refractivity contribution in [3.8, 4) is 5.88 Å². The highest BCUT2D eigenvalue weighted by Crippen LogP contribution is 2.32. The Hall–Kier alpha value is -1.73. The molecule has 0 amide bonds. The fourth-order valence-corrected chi connectivity index (χ4v) is 1.18. The third-order valence-corrected chi connectivity index (χ3v) is 2.03. The largest absolute Gasteiger partial charge is 0.468 e. The first-order valence-electron chi connectivity index (χ1n) is 4.73. The second-order valence-electron chi connectivity index (χ2n) is 3.51. The second-order valence-corrected chi connectivity index (χ2v) is 3.51. The number of alkyl halides is 2. The Morgan fingerprint density at radius 1 is 1.69 bits per heavy atom. The van der Waals surface area contributed by atoms with Crippen molar-refractivity contribution in [1.82, 2.24) is 9.78 Å². The van der Waals surface area contributed by atoms with Crippen LogP contribution in [-0.4, -0.2) is 27.2 Å². The van der Waals surface area contributed by atoms with Crippen LogP contribution in [0.15, 0.2) is 6.20 Å². The molecule has 1 aliphatic rings. The van der Waals surface area contributed by atoms with Crippen LogP contribution in [0, 0.1) is 10.1 Å². The average molecular weight is 233 g/mol. The zero-order chi connectivity index (χ0) is 11.7. The Morgan fingerprint density at radius 3 is 2.88 bits per heavy atom. The van der Waals surface area contributed by atoms with Crippen molar-refractivity contribution >= 4 is 5.69 Å². The van der Waals surface area contributed by atoms with Crippen LogP contribution in [0.5, 0.6) is 5.88 Å². The molecule has 0 spiro atoms. The van der Waals surface area contributed by atoms with Crippen molar-refractivity contribution in [2.24, 2.45) is 0 Å². The molecule has 0 aromatic carbocycles. The summed E-state index contributed by atoms with van der Waals surface area (Å²) in [5.41, 5.74) is -0.368. The molecule has 0 bridgehead atoms. The van der Waals surface area contributed by atoms with E-state index in [1.54, 1.807) is 0 Å². The van der Waals surface area contributed by atoms with E-state index in [9.17, 15) is 18.9 Å². The van der Waals surface area contributed by atoms with Crippen molar-refractivity contribution in [3.63, 3.8) is 0 Å². The van der Waals surface area contributed by atoms with E-state index in [4.69, 9.17) is 4.74 Å². The van der Waals surface area contributed by atoms with Gasteiger partial charge in [-0.25, -0.2) is 8.78 Å². The van der Waals surface area contributed by atoms with Gasteiger partial charge in [0.15, 0.2) is 0 Å². The summed E-state index contributed by atoms with van der Waals surface area (Å²) in [4.78, 5) is 9.92. The molecule has 0 saturated heterocycles. The molecule has 0 atom stereocenters. The monoisotopic (exact) mass is 233 g/mol. The van der Waals surface area contributed by atoms with E-state index in [0.29, 0.717) is 0 Å². The van der Waals surface area contributed by atoms with Crippen molar-refractivity contribution < 1.29 is 18.4 Å². The van der Waals surface area contributed by atoms with Gasteiger partial charge in [0.1, 0.15) is 18.8 Å². The summed E-state index contributed by atoms with van der Waals surface area (Å²) >= 11 is 0. The van der Waals surface area contributed by atoms with Gasteiger partial charge in [0.25, 0.3) is 6.43 Å². The number of rotatable bonds is 5. The van der Waals surface area contributed by atoms with Gasteiger partial charge in [-0.1, -0.05) is 0 Å². The predicted octanol–water partition coefficient (Wildman–Crippen LogP) is 1.60. The summed E-state index contributed by atoms with van der Waals surface area (Å²) in [5, 5.41) is 14.2. The van der Waals surface area contributed by atoms with Gasteiger partial charge >= 0.3 is 11.6 Å². The number of halogens is 2. The summed E-state index contributed by atoms with van der Waals surface area (Å²) in [6.45, 7) is -0.672. The SMILES string of the molecule is O=[N+]([O-])c1cn(CC(F)F)nc1OC1CC1. The maximum Gasteiger partial charge on any atom is 0.350 e. The molecular formula is C8H9F2N3O3. The zero-order valence-corrected chi connectivity index (χ0v) is 8.18. The van der Waals surface area contributed by atoms with Crippen LogP contribution < -0.4 is 4.74 Å². The molecule has 6 nitrogen and oxygen atoms in total. The topological polar surface area (TPSA) is 70.2 Å². The lowest BCUT2D eigenvalue weighted by molar-refractivity contribution is -0.386. The van der Waals surface area contributed by atoms with Gasteiger partial charge < -0.3 is 4.74 Å². The maximum absolute atomic E-state index is 12.1. The molecule has 0 radical (unpaired) electrons. The van der Waals surface area contributed by atoms with Gasteiger partial charge in [-0.3, -0.25) is 14.8 Å². The lowest BCUT2D eigenvalue weighted by Gasteiger charge is -1.99. The zero-order valence-electron chi connectivity index (χ0n) is 8.18. The van der Waals surface area contributed by atoms with Crippen LogP contribution in [-0.2, 0) is 6.54 Å². The Morgan fingerprint density at radius 2 is 2.38 bits per heavy atom. The first-order valence-corrected chi connectivity index (χ1v) is 4.73. The Bertz CT molecular complexity index is 403. The Balaban J connectivity index is 2.18. The molecular weight excluding hydrogens is 224 g/mol. The smallest absolute Gasteiger partial charge is 0.350 e. The fraction of sp³-hybridized carbons (Fsp3) is 0.625. The van der Waals surface area contributed by atoms with Crippen molar-refractivity contribution in [1.29, 1.82) is 0 Å². The van der Waals surface area contributed by atoms with E-state index in [2.05, 4.69) is 5.10 Å². The van der Waals surface area contributed by atoms with Crippen molar-refractivity contribution in [2.75, 3.05) is 0 Å². The molecule has 1 aromatic heterocycles. The highest BCUT2D eigenvalue weighted by atomic mass is 19.3. The van der Waals surface area contributed by atoms with Crippen LogP contribution in [0.25, 0.3) is 0 Å². The minimum atomic E-state index is -2.60. The summed E-state index contributed by atoms with van der Waals surface area (Å²) in [7, 11) is 0. The van der Waals surface area contributed by atoms with E-state index >= 15 is 0 Å².